The van der Waals surface area contributed by atoms with Crippen molar-refractivity contribution < 1.29 is 9.47 Å². The Kier molecular flexibility index (Phi) is 9.28. The quantitative estimate of drug-likeness (QED) is 0.164. The number of halogens is 3. The van der Waals surface area contributed by atoms with Crippen molar-refractivity contribution in [3.63, 3.8) is 0 Å². The molecule has 4 aromatic rings. The van der Waals surface area contributed by atoms with Crippen molar-refractivity contribution >= 4 is 50.9 Å². The highest BCUT2D eigenvalue weighted by Gasteiger charge is 2.13. The topological polar surface area (TPSA) is 74.1 Å². The third kappa shape index (κ3) is 6.68. The second-order valence-corrected chi connectivity index (χ2v) is 10.0. The van der Waals surface area contributed by atoms with Crippen molar-refractivity contribution in [2.45, 2.75) is 18.3 Å². The van der Waals surface area contributed by atoms with E-state index in [1.165, 1.54) is 0 Å². The van der Waals surface area contributed by atoms with E-state index in [0.29, 0.717) is 28.1 Å². The minimum absolute atomic E-state index is 0.235. The van der Waals surface area contributed by atoms with Gasteiger partial charge in [0.05, 0.1) is 12.8 Å². The number of aromatic nitrogens is 4. The molecule has 3 aromatic carbocycles. The Labute approximate surface area is 226 Å². The first-order chi connectivity index (χ1) is 17.1. The van der Waals surface area contributed by atoms with Crippen LogP contribution in [0.25, 0.3) is 5.69 Å². The molecule has 0 aliphatic rings. The van der Waals surface area contributed by atoms with E-state index in [1.807, 2.05) is 42.5 Å². The highest BCUT2D eigenvalue weighted by molar-refractivity contribution is 9.10. The molecule has 182 valence electrons. The zero-order valence-corrected chi connectivity index (χ0v) is 22.7. The van der Waals surface area contributed by atoms with Crippen molar-refractivity contribution in [2.75, 3.05) is 19.4 Å². The summed E-state index contributed by atoms with van der Waals surface area (Å²) in [4.78, 5) is 0. The van der Waals surface area contributed by atoms with Crippen LogP contribution in [0.4, 0.5) is 0 Å². The first kappa shape index (κ1) is 25.8. The molecule has 11 heteroatoms. The number of ether oxygens (including phenoxy) is 2. The lowest BCUT2D eigenvalue weighted by molar-refractivity contribution is 0.284. The molecular formula is C24H22BrCl2N5O2S. The van der Waals surface area contributed by atoms with Crippen LogP contribution in [0.2, 0.25) is 10.0 Å². The summed E-state index contributed by atoms with van der Waals surface area (Å²) >= 11 is 17.7. The molecule has 35 heavy (non-hydrogen) atoms. The van der Waals surface area contributed by atoms with E-state index < -0.39 is 0 Å². The van der Waals surface area contributed by atoms with Gasteiger partial charge in [0.15, 0.2) is 11.5 Å². The Balaban J connectivity index is 1.31. The first-order valence-corrected chi connectivity index (χ1v) is 13.2. The minimum atomic E-state index is 0.235. The fraction of sp³-hybridized carbons (Fsp3) is 0.208. The first-order valence-electron chi connectivity index (χ1n) is 10.7. The van der Waals surface area contributed by atoms with E-state index >= 15 is 0 Å². The molecule has 0 fully saturated rings. The standard InChI is InChI=1S/C24H22BrCl2N5O2S/c1-33-22-12-16(19(25)13-23(22)34-15-18-20(26)8-5-9-21(18)27)14-28-10-11-35-24-29-30-31-32(24)17-6-3-2-4-7-17/h2-9,12-13,28H,10-11,14-15H2,1H3. The van der Waals surface area contributed by atoms with Crippen LogP contribution in [0.15, 0.2) is 70.3 Å². The van der Waals surface area contributed by atoms with E-state index in [1.54, 1.807) is 41.8 Å². The molecule has 0 atom stereocenters. The molecule has 0 saturated heterocycles. The van der Waals surface area contributed by atoms with Crippen molar-refractivity contribution in [2.24, 2.45) is 0 Å². The van der Waals surface area contributed by atoms with E-state index in [-0.39, 0.29) is 6.61 Å². The van der Waals surface area contributed by atoms with Gasteiger partial charge in [0.25, 0.3) is 0 Å². The van der Waals surface area contributed by atoms with Gasteiger partial charge in [-0.05, 0) is 52.4 Å². The molecule has 1 N–H and O–H groups in total. The van der Waals surface area contributed by atoms with Crippen LogP contribution in [0.5, 0.6) is 11.5 Å². The molecule has 7 nitrogen and oxygen atoms in total. The molecule has 0 unspecified atom stereocenters. The average molecular weight is 595 g/mol. The average Bonchev–Trinajstić information content (AvgIpc) is 3.33. The van der Waals surface area contributed by atoms with E-state index in [0.717, 1.165) is 38.7 Å². The van der Waals surface area contributed by atoms with E-state index in [9.17, 15) is 0 Å². The highest BCUT2D eigenvalue weighted by atomic mass is 79.9. The lowest BCUT2D eigenvalue weighted by Crippen LogP contribution is -2.17. The van der Waals surface area contributed by atoms with Crippen molar-refractivity contribution in [1.82, 2.24) is 25.5 Å². The monoisotopic (exact) mass is 593 g/mol. The van der Waals surface area contributed by atoms with Gasteiger partial charge in [-0.25, -0.2) is 0 Å². The maximum absolute atomic E-state index is 6.25. The number of rotatable bonds is 11. The molecule has 1 aromatic heterocycles. The lowest BCUT2D eigenvalue weighted by Gasteiger charge is -2.15. The molecular weight excluding hydrogens is 573 g/mol. The summed E-state index contributed by atoms with van der Waals surface area (Å²) in [6, 6.07) is 19.0. The number of nitrogens with one attached hydrogen (secondary N) is 1. The number of methoxy groups -OCH3 is 1. The number of hydrogen-bond donors (Lipinski definition) is 1. The zero-order valence-electron chi connectivity index (χ0n) is 18.7. The van der Waals surface area contributed by atoms with Crippen LogP contribution < -0.4 is 14.8 Å². The predicted octanol–water partition coefficient (Wildman–Crippen LogP) is 6.20. The smallest absolute Gasteiger partial charge is 0.214 e. The van der Waals surface area contributed by atoms with Crippen LogP contribution in [-0.4, -0.2) is 39.6 Å². The van der Waals surface area contributed by atoms with Crippen LogP contribution in [0, 0.1) is 0 Å². The minimum Gasteiger partial charge on any atom is -0.493 e. The fourth-order valence-corrected chi connectivity index (χ4v) is 5.00. The molecule has 0 bridgehead atoms. The Hall–Kier alpha value is -2.30. The van der Waals surface area contributed by atoms with Gasteiger partial charge in [-0.15, -0.1) is 5.10 Å². The summed E-state index contributed by atoms with van der Waals surface area (Å²) < 4.78 is 14.2. The third-order valence-corrected chi connectivity index (χ3v) is 7.40. The van der Waals surface area contributed by atoms with E-state index in [4.69, 9.17) is 32.7 Å². The van der Waals surface area contributed by atoms with Gasteiger partial charge in [0, 0.05) is 38.9 Å². The van der Waals surface area contributed by atoms with E-state index in [2.05, 4.69) is 36.8 Å². The van der Waals surface area contributed by atoms with Gasteiger partial charge < -0.3 is 14.8 Å². The van der Waals surface area contributed by atoms with Crippen LogP contribution in [-0.2, 0) is 13.2 Å². The molecule has 0 amide bonds. The normalized spacial score (nSPS) is 11.0. The number of thioether (sulfide) groups is 1. The summed E-state index contributed by atoms with van der Waals surface area (Å²) in [6.45, 7) is 1.65. The maximum atomic E-state index is 6.25. The Morgan fingerprint density at radius 2 is 1.80 bits per heavy atom. The molecule has 0 saturated carbocycles. The molecule has 0 aliphatic heterocycles. The van der Waals surface area contributed by atoms with Gasteiger partial charge >= 0.3 is 0 Å². The number of hydrogen-bond acceptors (Lipinski definition) is 7. The highest BCUT2D eigenvalue weighted by Crippen LogP contribution is 2.35. The molecule has 0 radical (unpaired) electrons. The Morgan fingerprint density at radius 1 is 1.03 bits per heavy atom. The van der Waals surface area contributed by atoms with Crippen molar-refractivity contribution in [1.29, 1.82) is 0 Å². The molecule has 4 rings (SSSR count). The van der Waals surface area contributed by atoms with Gasteiger partial charge in [-0.3, -0.25) is 0 Å². The van der Waals surface area contributed by atoms with Crippen LogP contribution in [0.1, 0.15) is 11.1 Å². The molecule has 0 spiro atoms. The van der Waals surface area contributed by atoms with Gasteiger partial charge in [-0.2, -0.15) is 4.68 Å². The molecule has 0 aliphatic carbocycles. The van der Waals surface area contributed by atoms with Gasteiger partial charge in [0.1, 0.15) is 6.61 Å². The van der Waals surface area contributed by atoms with Crippen LogP contribution in [0.3, 0.4) is 0 Å². The van der Waals surface area contributed by atoms with Crippen molar-refractivity contribution in [3.05, 3.63) is 86.3 Å². The molecule has 1 heterocycles. The Bertz CT molecular complexity index is 1260. The second kappa shape index (κ2) is 12.6. The number of benzene rings is 3. The fourth-order valence-electron chi connectivity index (χ4n) is 3.24. The third-order valence-electron chi connectivity index (χ3n) is 5.03. The second-order valence-electron chi connectivity index (χ2n) is 7.32. The van der Waals surface area contributed by atoms with Crippen LogP contribution >= 0.6 is 50.9 Å². The summed E-state index contributed by atoms with van der Waals surface area (Å²) in [5.74, 6) is 2.04. The zero-order chi connectivity index (χ0) is 24.6. The summed E-state index contributed by atoms with van der Waals surface area (Å²) in [7, 11) is 1.61. The van der Waals surface area contributed by atoms with Gasteiger partial charge in [0.2, 0.25) is 5.16 Å². The maximum Gasteiger partial charge on any atom is 0.214 e. The number of nitrogens with zero attached hydrogens (tertiary/aromatic N) is 4. The predicted molar refractivity (Wildman–Crippen MR) is 143 cm³/mol. The number of para-hydroxylation sites is 1. The SMILES string of the molecule is COc1cc(CNCCSc2nnnn2-c2ccccc2)c(Br)cc1OCc1c(Cl)cccc1Cl. The largest absolute Gasteiger partial charge is 0.493 e. The summed E-state index contributed by atoms with van der Waals surface area (Å²) in [5.41, 5.74) is 2.71. The van der Waals surface area contributed by atoms with Gasteiger partial charge in [-0.1, -0.05) is 75.2 Å². The summed E-state index contributed by atoms with van der Waals surface area (Å²) in [6.07, 6.45) is 0. The lowest BCUT2D eigenvalue weighted by atomic mass is 10.2. The van der Waals surface area contributed by atoms with Crippen molar-refractivity contribution in [3.8, 4) is 17.2 Å². The summed E-state index contributed by atoms with van der Waals surface area (Å²) in [5, 5.41) is 17.3. The Morgan fingerprint density at radius 3 is 2.54 bits per heavy atom. The number of tetrazole rings is 1.